The van der Waals surface area contributed by atoms with E-state index in [0.717, 1.165) is 0 Å². The molecule has 0 atom stereocenters. The summed E-state index contributed by atoms with van der Waals surface area (Å²) in [6.45, 7) is 0. The van der Waals surface area contributed by atoms with Crippen LogP contribution < -0.4 is 0 Å². The summed E-state index contributed by atoms with van der Waals surface area (Å²) in [7, 11) is 0. The second-order valence-electron chi connectivity index (χ2n) is 0. The van der Waals surface area contributed by atoms with Gasteiger partial charge in [0.05, 0.1) is 0 Å². The fourth-order valence-corrected chi connectivity index (χ4v) is 0. The second kappa shape index (κ2) is 27.8. The minimum Gasteiger partial charge on any atom is 0 e. The van der Waals surface area contributed by atoms with E-state index in [1.807, 2.05) is 0 Å². The molecule has 4 radical (unpaired) electrons. The molecule has 0 unspecified atom stereocenters. The van der Waals surface area contributed by atoms with E-state index in [2.05, 4.69) is 0 Å². The van der Waals surface area contributed by atoms with Crippen molar-refractivity contribution in [3.63, 3.8) is 0 Å². The molecule has 0 aromatic rings. The molecule has 5 heavy (non-hydrogen) atoms. The molecule has 0 aromatic carbocycles. The Morgan fingerprint density at radius 2 is 1.00 bits per heavy atom. The van der Waals surface area contributed by atoms with Crippen molar-refractivity contribution in [3.05, 3.63) is 0 Å². The van der Waals surface area contributed by atoms with Crippen molar-refractivity contribution in [3.8, 4) is 0 Å². The summed E-state index contributed by atoms with van der Waals surface area (Å²) in [4.78, 5) is 0. The monoisotopic (exact) mass is 188 g/mol. The summed E-state index contributed by atoms with van der Waals surface area (Å²) < 4.78 is 0. The largest absolute Gasteiger partial charge is 0.316 e. The van der Waals surface area contributed by atoms with E-state index in [1.54, 1.807) is 0 Å². The van der Waals surface area contributed by atoms with E-state index >= 15 is 0 Å². The molecule has 0 N–H and O–H groups in total. The topological polar surface area (TPSA) is 0 Å². The van der Waals surface area contributed by atoms with Crippen LogP contribution in [-0.2, 0) is 36.5 Å². The Balaban J connectivity index is 0. The average Bonchev–Trinajstić information content (AvgIpc) is 0. The smallest absolute Gasteiger partial charge is 0 e. The first-order valence-corrected chi connectivity index (χ1v) is 0. The molecule has 0 aliphatic rings. The molecular weight excluding hydrogens is 187 g/mol. The zero-order valence-corrected chi connectivity index (χ0v) is 6.65. The molecule has 0 aliphatic heterocycles. The van der Waals surface area contributed by atoms with Gasteiger partial charge in [-0.05, 0) is 0 Å². The maximum atomic E-state index is 0. The van der Waals surface area contributed by atoms with Crippen LogP contribution in [0, 0.1) is 0 Å². The van der Waals surface area contributed by atoms with Gasteiger partial charge in [-0.1, -0.05) is 0 Å². The van der Waals surface area contributed by atoms with Crippen LogP contribution in [0.25, 0.3) is 0 Å². The summed E-state index contributed by atoms with van der Waals surface area (Å²) in [5.74, 6) is 0. The maximum Gasteiger partial charge on any atom is 0.316 e. The third-order valence-electron chi connectivity index (χ3n) is 0. The molecule has 0 spiro atoms. The van der Waals surface area contributed by atoms with Gasteiger partial charge in [-0.2, -0.15) is 0 Å². The average molecular weight is 190 g/mol. The fourth-order valence-electron chi connectivity index (χ4n) is 0. The molecule has 5 heteroatoms. The molecule has 0 amide bonds. The Kier molecular flexibility index (Phi) is 240. The van der Waals surface area contributed by atoms with Crippen LogP contribution in [0.4, 0.5) is 0 Å². The summed E-state index contributed by atoms with van der Waals surface area (Å²) in [5.41, 5.74) is 0. The van der Waals surface area contributed by atoms with E-state index in [-0.39, 0.29) is 95.8 Å². The van der Waals surface area contributed by atoms with Crippen LogP contribution in [0.3, 0.4) is 0 Å². The molecule has 0 nitrogen and oxygen atoms in total. The molecule has 0 fully saturated rings. The van der Waals surface area contributed by atoms with Crippen molar-refractivity contribution in [2.45, 2.75) is 0 Å². The normalized spacial score (nSPS) is 0. The van der Waals surface area contributed by atoms with E-state index in [1.165, 1.54) is 0 Å². The standard InChI is InChI=1S/Al.Cu.Li.Mg.Zn.3H. The van der Waals surface area contributed by atoms with Gasteiger partial charge in [0.2, 0.25) is 0 Å². The minimum atomic E-state index is 0. The summed E-state index contributed by atoms with van der Waals surface area (Å²) in [6.07, 6.45) is 0. The van der Waals surface area contributed by atoms with Crippen LogP contribution in [-0.4, -0.2) is 59.3 Å². The van der Waals surface area contributed by atoms with Gasteiger partial charge in [0.15, 0.2) is 0 Å². The zero-order valence-electron chi connectivity index (χ0n) is 1.59. The van der Waals surface area contributed by atoms with Gasteiger partial charge in [-0.25, -0.2) is 0 Å². The van der Waals surface area contributed by atoms with Gasteiger partial charge in [0.1, 0.15) is 0 Å². The van der Waals surface area contributed by atoms with E-state index < -0.39 is 0 Å². The van der Waals surface area contributed by atoms with Gasteiger partial charge < -0.3 is 0 Å². The van der Waals surface area contributed by atoms with Gasteiger partial charge in [-0.15, -0.1) is 0 Å². The first-order valence-electron chi connectivity index (χ1n) is 0. The van der Waals surface area contributed by atoms with Crippen LogP contribution in [0.15, 0.2) is 0 Å². The molecule has 0 saturated heterocycles. The molecule has 22 valence electrons. The predicted octanol–water partition coefficient (Wildman–Crippen LogP) is -1.95. The number of hydrogen-bond donors (Lipinski definition) is 0. The van der Waals surface area contributed by atoms with Crippen molar-refractivity contribution in [1.29, 1.82) is 0 Å². The Bertz CT molecular complexity index is 11.6. The Morgan fingerprint density at radius 1 is 1.00 bits per heavy atom. The molecule has 0 aromatic heterocycles. The molecule has 0 bridgehead atoms. The Hall–Kier alpha value is 3.04. The van der Waals surface area contributed by atoms with Gasteiger partial charge in [0.25, 0.3) is 0 Å². The molecule has 0 rings (SSSR count). The molecule has 0 saturated carbocycles. The molecule has 0 heterocycles. The maximum absolute atomic E-state index is 0. The van der Waals surface area contributed by atoms with Gasteiger partial charge in [0, 0.05) is 53.9 Å². The van der Waals surface area contributed by atoms with Crippen LogP contribution in [0.5, 0.6) is 0 Å². The molecule has 0 aliphatic carbocycles. The third-order valence-corrected chi connectivity index (χ3v) is 0. The van der Waals surface area contributed by atoms with E-state index in [4.69, 9.17) is 0 Å². The first kappa shape index (κ1) is 43.1. The van der Waals surface area contributed by atoms with E-state index in [0.29, 0.717) is 0 Å². The van der Waals surface area contributed by atoms with Crippen molar-refractivity contribution >= 4 is 59.3 Å². The first-order chi connectivity index (χ1) is 0. The van der Waals surface area contributed by atoms with Crippen molar-refractivity contribution < 1.29 is 36.5 Å². The summed E-state index contributed by atoms with van der Waals surface area (Å²) in [5, 5.41) is 0. The van der Waals surface area contributed by atoms with Crippen LogP contribution >= 0.6 is 0 Å². The zero-order chi connectivity index (χ0) is 0. The number of hydrogen-bond acceptors (Lipinski definition) is 0. The van der Waals surface area contributed by atoms with E-state index in [9.17, 15) is 0 Å². The predicted molar refractivity (Wildman–Crippen MR) is 21.4 cm³/mol. The van der Waals surface area contributed by atoms with Crippen molar-refractivity contribution in [2.24, 2.45) is 0 Å². The van der Waals surface area contributed by atoms with Gasteiger partial charge in [-0.3, -0.25) is 0 Å². The third kappa shape index (κ3) is 19.4. The SMILES string of the molecule is [Al].[Cu].[LiH].[MgH2].[Zn]. The molecular formula is H3AlCuLiMgZn. The van der Waals surface area contributed by atoms with Crippen LogP contribution in [0.2, 0.25) is 0 Å². The fraction of sp³-hybridized carbons (Fsp3) is 0. The summed E-state index contributed by atoms with van der Waals surface area (Å²) in [6, 6.07) is 0. The summed E-state index contributed by atoms with van der Waals surface area (Å²) >= 11 is 0. The van der Waals surface area contributed by atoms with Crippen molar-refractivity contribution in [1.82, 2.24) is 0 Å². The Morgan fingerprint density at radius 3 is 1.00 bits per heavy atom. The Labute approximate surface area is 94.3 Å². The van der Waals surface area contributed by atoms with Crippen LogP contribution in [0.1, 0.15) is 0 Å². The minimum absolute atomic E-state index is 0. The quantitative estimate of drug-likeness (QED) is 0.389. The second-order valence-corrected chi connectivity index (χ2v) is 0. The van der Waals surface area contributed by atoms with Crippen molar-refractivity contribution in [2.75, 3.05) is 0 Å². The number of rotatable bonds is 0. The van der Waals surface area contributed by atoms with Gasteiger partial charge >= 0.3 is 41.9 Å².